The predicted octanol–water partition coefficient (Wildman–Crippen LogP) is 3.31. The first kappa shape index (κ1) is 24.8. The Hall–Kier alpha value is -2.81. The van der Waals surface area contributed by atoms with Crippen LogP contribution in [0.3, 0.4) is 0 Å². The maximum absolute atomic E-state index is 13.5. The zero-order valence-electron chi connectivity index (χ0n) is 17.8. The Balaban J connectivity index is 1.81. The van der Waals surface area contributed by atoms with E-state index in [9.17, 15) is 22.8 Å². The van der Waals surface area contributed by atoms with Gasteiger partial charge in [-0.05, 0) is 50.3 Å². The smallest absolute Gasteiger partial charge is 0.341 e. The number of rotatable bonds is 4. The van der Waals surface area contributed by atoms with Crippen molar-refractivity contribution in [3.8, 4) is 6.19 Å². The third-order valence-electron chi connectivity index (χ3n) is 5.54. The summed E-state index contributed by atoms with van der Waals surface area (Å²) in [7, 11) is 0. The number of alkyl halides is 3. The quantitative estimate of drug-likeness (QED) is 0.270. The van der Waals surface area contributed by atoms with Gasteiger partial charge >= 0.3 is 6.18 Å². The Morgan fingerprint density at radius 1 is 1.21 bits per heavy atom. The number of benzene rings is 1. The summed E-state index contributed by atoms with van der Waals surface area (Å²) in [4.78, 5) is 33.0. The average molecular weight is 529 g/mol. The van der Waals surface area contributed by atoms with Gasteiger partial charge in [0.25, 0.3) is 0 Å². The van der Waals surface area contributed by atoms with Crippen molar-refractivity contribution >= 4 is 39.4 Å². The Bertz CT molecular complexity index is 956. The molecular formula is C21H24BrF3N6O2. The molecule has 1 aromatic rings. The number of halogens is 4. The van der Waals surface area contributed by atoms with E-state index in [1.165, 1.54) is 17.0 Å². The molecule has 8 nitrogen and oxygen atoms in total. The molecule has 2 fully saturated rings. The number of hydrogen-bond acceptors (Lipinski definition) is 4. The van der Waals surface area contributed by atoms with Crippen molar-refractivity contribution in [2.45, 2.75) is 44.3 Å². The lowest BCUT2D eigenvalue weighted by Crippen LogP contribution is -2.45. The second-order valence-electron chi connectivity index (χ2n) is 7.89. The molecule has 33 heavy (non-hydrogen) atoms. The van der Waals surface area contributed by atoms with Crippen LogP contribution >= 0.6 is 15.9 Å². The summed E-state index contributed by atoms with van der Waals surface area (Å²) < 4.78 is 40.6. The number of amides is 2. The van der Waals surface area contributed by atoms with Gasteiger partial charge in [-0.3, -0.25) is 14.9 Å². The van der Waals surface area contributed by atoms with E-state index in [0.717, 1.165) is 18.9 Å². The minimum Gasteiger partial charge on any atom is -0.341 e. The Kier molecular flexibility index (Phi) is 8.18. The molecule has 2 N–H and O–H groups in total. The van der Waals surface area contributed by atoms with E-state index in [0.29, 0.717) is 38.9 Å². The number of anilines is 1. The summed E-state index contributed by atoms with van der Waals surface area (Å²) in [6, 6.07) is 2.61. The van der Waals surface area contributed by atoms with Crippen LogP contribution in [0, 0.1) is 11.5 Å². The monoisotopic (exact) mass is 528 g/mol. The van der Waals surface area contributed by atoms with Crippen LogP contribution < -0.4 is 10.6 Å². The average Bonchev–Trinajstić information content (AvgIpc) is 3.24. The molecular weight excluding hydrogens is 505 g/mol. The van der Waals surface area contributed by atoms with E-state index in [4.69, 9.17) is 5.26 Å². The fourth-order valence-corrected chi connectivity index (χ4v) is 4.24. The molecule has 0 saturated carbocycles. The fourth-order valence-electron chi connectivity index (χ4n) is 3.88. The lowest BCUT2D eigenvalue weighted by Gasteiger charge is -2.25. The van der Waals surface area contributed by atoms with E-state index in [-0.39, 0.29) is 34.5 Å². The number of carbonyl (C=O) groups excluding carboxylic acids is 2. The molecule has 0 aromatic heterocycles. The van der Waals surface area contributed by atoms with Gasteiger partial charge in [0, 0.05) is 24.1 Å². The summed E-state index contributed by atoms with van der Waals surface area (Å²) in [6.45, 7) is 1.71. The minimum absolute atomic E-state index is 0.0514. The number of hydrogen-bond donors (Lipinski definition) is 2. The molecule has 0 radical (unpaired) electrons. The third kappa shape index (κ3) is 6.60. The topological polar surface area (TPSA) is 101 Å². The first-order valence-corrected chi connectivity index (χ1v) is 11.4. The van der Waals surface area contributed by atoms with Crippen molar-refractivity contribution < 1.29 is 22.8 Å². The predicted molar refractivity (Wildman–Crippen MR) is 119 cm³/mol. The third-order valence-corrected chi connectivity index (χ3v) is 6.03. The molecule has 12 heteroatoms. The van der Waals surface area contributed by atoms with Gasteiger partial charge in [0.15, 0.2) is 6.19 Å². The zero-order valence-corrected chi connectivity index (χ0v) is 19.4. The molecule has 2 aliphatic rings. The van der Waals surface area contributed by atoms with Gasteiger partial charge < -0.3 is 15.1 Å². The highest BCUT2D eigenvalue weighted by Gasteiger charge is 2.34. The number of guanidine groups is 1. The Labute approximate surface area is 197 Å². The van der Waals surface area contributed by atoms with Crippen LogP contribution in [0.5, 0.6) is 0 Å². The summed E-state index contributed by atoms with van der Waals surface area (Å²) in [5.41, 5.74) is -1.26. The maximum Gasteiger partial charge on any atom is 0.418 e. The first-order chi connectivity index (χ1) is 15.7. The molecule has 2 aliphatic heterocycles. The lowest BCUT2D eigenvalue weighted by atomic mass is 10.1. The van der Waals surface area contributed by atoms with E-state index < -0.39 is 17.8 Å². The van der Waals surface area contributed by atoms with Gasteiger partial charge in [-0.2, -0.15) is 18.4 Å². The lowest BCUT2D eigenvalue weighted by molar-refractivity contribution is -0.140. The van der Waals surface area contributed by atoms with Crippen molar-refractivity contribution in [1.82, 2.24) is 15.1 Å². The molecule has 1 aromatic carbocycles. The van der Waals surface area contributed by atoms with Crippen LogP contribution in [0.1, 0.15) is 37.7 Å². The standard InChI is InChI=1S/C21H24BrF3N6O2/c22-14-6-7-16(15(11-14)21(23,24)25)28-20(27-13-26)29-17-5-1-2-10-31(19(17)33)12-18(32)30-8-3-4-9-30/h6-7,11,17H,1-5,8-10,12H2,(H2,27,28,29). The fraction of sp³-hybridized carbons (Fsp3) is 0.524. The number of likely N-dealkylation sites (tertiary alicyclic amines) is 2. The number of nitrogens with one attached hydrogen (secondary N) is 2. The second-order valence-corrected chi connectivity index (χ2v) is 8.80. The first-order valence-electron chi connectivity index (χ1n) is 10.6. The number of nitriles is 1. The highest BCUT2D eigenvalue weighted by atomic mass is 79.9. The maximum atomic E-state index is 13.5. The molecule has 2 saturated heterocycles. The van der Waals surface area contributed by atoms with E-state index in [1.807, 2.05) is 0 Å². The van der Waals surface area contributed by atoms with Crippen LogP contribution in [0.2, 0.25) is 0 Å². The van der Waals surface area contributed by atoms with Crippen molar-refractivity contribution in [3.05, 3.63) is 28.2 Å². The van der Waals surface area contributed by atoms with Crippen LogP contribution in [0.25, 0.3) is 0 Å². The summed E-state index contributed by atoms with van der Waals surface area (Å²) in [5.74, 6) is -0.772. The highest BCUT2D eigenvalue weighted by molar-refractivity contribution is 9.10. The summed E-state index contributed by atoms with van der Waals surface area (Å²) >= 11 is 3.03. The minimum atomic E-state index is -4.64. The van der Waals surface area contributed by atoms with E-state index in [2.05, 4.69) is 31.6 Å². The van der Waals surface area contributed by atoms with Gasteiger partial charge in [-0.15, -0.1) is 0 Å². The van der Waals surface area contributed by atoms with Gasteiger partial charge in [0.1, 0.15) is 6.04 Å². The SMILES string of the molecule is N#CNC(=NC1CCCCN(CC(=O)N2CCCC2)C1=O)Nc1ccc(Br)cc1C(F)(F)F. The van der Waals surface area contributed by atoms with Gasteiger partial charge in [-0.25, -0.2) is 4.99 Å². The molecule has 0 bridgehead atoms. The largest absolute Gasteiger partial charge is 0.418 e. The summed E-state index contributed by atoms with van der Waals surface area (Å²) in [6.07, 6.45) is 0.575. The van der Waals surface area contributed by atoms with E-state index >= 15 is 0 Å². The molecule has 3 rings (SSSR count). The van der Waals surface area contributed by atoms with Crippen molar-refractivity contribution in [2.24, 2.45) is 4.99 Å². The van der Waals surface area contributed by atoms with Crippen molar-refractivity contribution in [1.29, 1.82) is 5.26 Å². The Morgan fingerprint density at radius 3 is 2.58 bits per heavy atom. The summed E-state index contributed by atoms with van der Waals surface area (Å²) in [5, 5.41) is 13.8. The van der Waals surface area contributed by atoms with Crippen LogP contribution in [-0.2, 0) is 15.8 Å². The van der Waals surface area contributed by atoms with Crippen LogP contribution in [-0.4, -0.2) is 59.8 Å². The van der Waals surface area contributed by atoms with Crippen molar-refractivity contribution in [2.75, 3.05) is 31.5 Å². The van der Waals surface area contributed by atoms with Gasteiger partial charge in [-0.1, -0.05) is 15.9 Å². The van der Waals surface area contributed by atoms with Gasteiger partial charge in [0.05, 0.1) is 17.8 Å². The zero-order chi connectivity index (χ0) is 24.0. The molecule has 1 atom stereocenters. The van der Waals surface area contributed by atoms with Gasteiger partial charge in [0.2, 0.25) is 17.8 Å². The highest BCUT2D eigenvalue weighted by Crippen LogP contribution is 2.36. The molecule has 178 valence electrons. The molecule has 2 heterocycles. The van der Waals surface area contributed by atoms with Crippen LogP contribution in [0.15, 0.2) is 27.7 Å². The molecule has 1 unspecified atom stereocenters. The molecule has 2 amide bonds. The molecule has 0 aliphatic carbocycles. The molecule has 0 spiro atoms. The number of nitrogens with zero attached hydrogens (tertiary/aromatic N) is 4. The number of aliphatic imine (C=N–C) groups is 1. The van der Waals surface area contributed by atoms with Crippen molar-refractivity contribution in [3.63, 3.8) is 0 Å². The number of carbonyl (C=O) groups is 2. The second kappa shape index (κ2) is 10.9. The van der Waals surface area contributed by atoms with E-state index in [1.54, 1.807) is 11.1 Å². The Morgan fingerprint density at radius 2 is 1.91 bits per heavy atom. The van der Waals surface area contributed by atoms with Crippen LogP contribution in [0.4, 0.5) is 18.9 Å². The normalized spacial score (nSPS) is 19.8.